The summed E-state index contributed by atoms with van der Waals surface area (Å²) in [6.07, 6.45) is -1.04. The van der Waals surface area contributed by atoms with Crippen LogP contribution in [0, 0.1) is 11.8 Å². The summed E-state index contributed by atoms with van der Waals surface area (Å²) in [5.41, 5.74) is 1.73. The quantitative estimate of drug-likeness (QED) is 0.411. The number of hydrogen-bond acceptors (Lipinski definition) is 8. The van der Waals surface area contributed by atoms with Gasteiger partial charge in [-0.1, -0.05) is 44.2 Å². The van der Waals surface area contributed by atoms with Crippen molar-refractivity contribution in [2.45, 2.75) is 75.6 Å². The van der Waals surface area contributed by atoms with E-state index in [0.29, 0.717) is 18.8 Å². The van der Waals surface area contributed by atoms with E-state index >= 15 is 0 Å². The summed E-state index contributed by atoms with van der Waals surface area (Å²) in [6.45, 7) is 6.60. The summed E-state index contributed by atoms with van der Waals surface area (Å²) in [7, 11) is -3.95. The Morgan fingerprint density at radius 2 is 1.93 bits per heavy atom. The van der Waals surface area contributed by atoms with E-state index in [1.165, 1.54) is 4.31 Å². The first kappa shape index (κ1) is 29.8. The molecule has 2 saturated heterocycles. The van der Waals surface area contributed by atoms with Crippen LogP contribution in [0.1, 0.15) is 38.3 Å². The average Bonchev–Trinajstić information content (AvgIpc) is 3.64. The maximum atomic E-state index is 13.9. The van der Waals surface area contributed by atoms with Crippen molar-refractivity contribution < 1.29 is 37.3 Å². The van der Waals surface area contributed by atoms with E-state index in [9.17, 15) is 18.3 Å². The molecule has 1 amide bonds. The Bertz CT molecular complexity index is 1300. The molecule has 224 valence electrons. The van der Waals surface area contributed by atoms with Crippen LogP contribution in [0.25, 0.3) is 0 Å². The molecule has 2 fully saturated rings. The van der Waals surface area contributed by atoms with Gasteiger partial charge < -0.3 is 29.4 Å². The van der Waals surface area contributed by atoms with Crippen molar-refractivity contribution in [1.29, 1.82) is 0 Å². The molecule has 2 aromatic rings. The van der Waals surface area contributed by atoms with Crippen molar-refractivity contribution in [2.24, 2.45) is 11.8 Å². The van der Waals surface area contributed by atoms with E-state index in [2.05, 4.69) is 5.32 Å². The van der Waals surface area contributed by atoms with Gasteiger partial charge in [0.25, 0.3) is 0 Å². The summed E-state index contributed by atoms with van der Waals surface area (Å²) in [5, 5.41) is 14.3. The standard InChI is InChI=1S/C30H40N2O8S/c1-19(2)16-32(41(35,36)23-9-10-27-22(15-23)13-20(3)39-27)17-26(33)25(14-21-7-5-4-6-8-21)31-30(34)40-28-18-38-29-24(28)11-12-37-29/h4-10,15,19-20,24-26,28-29,33H,11-14,16-18H2,1-3H3,(H,31,34)/t20?,24-,25-,26+,28-,29+/m0/s1. The van der Waals surface area contributed by atoms with Gasteiger partial charge in [-0.3, -0.25) is 0 Å². The van der Waals surface area contributed by atoms with Crippen LogP contribution >= 0.6 is 0 Å². The fraction of sp³-hybridized carbons (Fsp3) is 0.567. The van der Waals surface area contributed by atoms with E-state index in [1.807, 2.05) is 51.1 Å². The van der Waals surface area contributed by atoms with Crippen LogP contribution in [0.5, 0.6) is 5.75 Å². The second-order valence-corrected chi connectivity index (χ2v) is 13.5. The molecule has 2 aromatic carbocycles. The first-order valence-corrected chi connectivity index (χ1v) is 15.8. The van der Waals surface area contributed by atoms with Crippen LogP contribution in [0.2, 0.25) is 0 Å². The Morgan fingerprint density at radius 1 is 1.15 bits per heavy atom. The maximum absolute atomic E-state index is 13.9. The molecule has 0 saturated carbocycles. The predicted octanol–water partition coefficient (Wildman–Crippen LogP) is 3.12. The molecule has 0 aromatic heterocycles. The van der Waals surface area contributed by atoms with Gasteiger partial charge in [-0.05, 0) is 55.0 Å². The van der Waals surface area contributed by atoms with Crippen LogP contribution in [0.15, 0.2) is 53.4 Å². The number of amides is 1. The van der Waals surface area contributed by atoms with Crippen molar-refractivity contribution in [2.75, 3.05) is 26.3 Å². The number of ether oxygens (including phenoxy) is 4. The predicted molar refractivity (Wildman–Crippen MR) is 151 cm³/mol. The Kier molecular flexibility index (Phi) is 9.20. The monoisotopic (exact) mass is 588 g/mol. The second-order valence-electron chi connectivity index (χ2n) is 11.6. The van der Waals surface area contributed by atoms with Gasteiger partial charge in [-0.25, -0.2) is 13.2 Å². The molecule has 3 aliphatic rings. The van der Waals surface area contributed by atoms with Gasteiger partial charge >= 0.3 is 6.09 Å². The first-order chi connectivity index (χ1) is 19.6. The second kappa shape index (κ2) is 12.7. The lowest BCUT2D eigenvalue weighted by molar-refractivity contribution is -0.0907. The largest absolute Gasteiger partial charge is 0.490 e. The van der Waals surface area contributed by atoms with Gasteiger partial charge in [0.15, 0.2) is 6.29 Å². The van der Waals surface area contributed by atoms with Crippen molar-refractivity contribution >= 4 is 16.1 Å². The first-order valence-electron chi connectivity index (χ1n) is 14.3. The molecule has 41 heavy (non-hydrogen) atoms. The summed E-state index contributed by atoms with van der Waals surface area (Å²) in [6, 6.07) is 13.5. The number of aliphatic hydroxyl groups excluding tert-OH is 1. The molecule has 0 spiro atoms. The Morgan fingerprint density at radius 3 is 2.68 bits per heavy atom. The van der Waals surface area contributed by atoms with Crippen LogP contribution in [0.4, 0.5) is 4.79 Å². The minimum atomic E-state index is -3.95. The number of rotatable bonds is 11. The van der Waals surface area contributed by atoms with Crippen LogP contribution in [-0.4, -0.2) is 80.9 Å². The lowest BCUT2D eigenvalue weighted by Crippen LogP contribution is -2.51. The van der Waals surface area contributed by atoms with Crippen molar-refractivity contribution in [1.82, 2.24) is 9.62 Å². The smallest absolute Gasteiger partial charge is 0.407 e. The molecule has 5 rings (SSSR count). The fourth-order valence-corrected chi connectivity index (χ4v) is 7.42. The number of nitrogens with one attached hydrogen (secondary N) is 1. The number of benzene rings is 2. The number of alkyl carbamates (subject to hydrolysis) is 1. The Balaban J connectivity index is 1.33. The zero-order chi connectivity index (χ0) is 29.1. The highest BCUT2D eigenvalue weighted by atomic mass is 32.2. The maximum Gasteiger partial charge on any atom is 0.407 e. The molecular weight excluding hydrogens is 548 g/mol. The van der Waals surface area contributed by atoms with Crippen LogP contribution in [-0.2, 0) is 37.1 Å². The zero-order valence-corrected chi connectivity index (χ0v) is 24.6. The normalized spacial score (nSPS) is 25.0. The molecule has 10 nitrogen and oxygen atoms in total. The van der Waals surface area contributed by atoms with Gasteiger partial charge in [0.1, 0.15) is 18.0 Å². The number of fused-ring (bicyclic) bond motifs is 2. The van der Waals surface area contributed by atoms with E-state index < -0.39 is 34.4 Å². The third-order valence-corrected chi connectivity index (χ3v) is 9.60. The van der Waals surface area contributed by atoms with Gasteiger partial charge in [0.05, 0.1) is 36.2 Å². The minimum Gasteiger partial charge on any atom is -0.490 e. The van der Waals surface area contributed by atoms with E-state index in [4.69, 9.17) is 18.9 Å². The van der Waals surface area contributed by atoms with Crippen molar-refractivity contribution in [3.8, 4) is 5.75 Å². The third-order valence-electron chi connectivity index (χ3n) is 7.77. The molecule has 2 N–H and O–H groups in total. The molecule has 0 aliphatic carbocycles. The SMILES string of the molecule is CC(C)CN(C[C@@H](O)[C@H](Cc1ccccc1)NC(=O)O[C@H]1CO[C@H]2OCC[C@H]21)S(=O)(=O)c1ccc2c(c1)CC(C)O2. The lowest BCUT2D eigenvalue weighted by Gasteiger charge is -2.31. The molecular formula is C30H40N2O8S. The number of hydrogen-bond donors (Lipinski definition) is 2. The summed E-state index contributed by atoms with van der Waals surface area (Å²) in [5.74, 6) is 0.676. The van der Waals surface area contributed by atoms with Crippen LogP contribution in [0.3, 0.4) is 0 Å². The highest BCUT2D eigenvalue weighted by Gasteiger charge is 2.44. The number of sulfonamides is 1. The van der Waals surface area contributed by atoms with Gasteiger partial charge in [-0.2, -0.15) is 4.31 Å². The highest BCUT2D eigenvalue weighted by Crippen LogP contribution is 2.33. The number of nitrogens with zero attached hydrogens (tertiary/aromatic N) is 1. The molecule has 6 atom stereocenters. The van der Waals surface area contributed by atoms with Gasteiger partial charge in [0, 0.05) is 19.5 Å². The molecule has 0 bridgehead atoms. The Hall–Kier alpha value is -2.70. The van der Waals surface area contributed by atoms with Gasteiger partial charge in [0.2, 0.25) is 10.0 Å². The topological polar surface area (TPSA) is 124 Å². The van der Waals surface area contributed by atoms with Crippen LogP contribution < -0.4 is 10.1 Å². The number of carbonyl (C=O) groups is 1. The Labute approximate surface area is 242 Å². The molecule has 11 heteroatoms. The summed E-state index contributed by atoms with van der Waals surface area (Å²) < 4.78 is 51.6. The van der Waals surface area contributed by atoms with E-state index in [1.54, 1.807) is 18.2 Å². The summed E-state index contributed by atoms with van der Waals surface area (Å²) >= 11 is 0. The van der Waals surface area contributed by atoms with Crippen molar-refractivity contribution in [3.05, 3.63) is 59.7 Å². The number of carbonyl (C=O) groups excluding carboxylic acids is 1. The summed E-state index contributed by atoms with van der Waals surface area (Å²) in [4.78, 5) is 13.2. The van der Waals surface area contributed by atoms with Crippen molar-refractivity contribution in [3.63, 3.8) is 0 Å². The third kappa shape index (κ3) is 7.03. The zero-order valence-electron chi connectivity index (χ0n) is 23.8. The molecule has 3 heterocycles. The molecule has 3 aliphatic heterocycles. The van der Waals surface area contributed by atoms with E-state index in [-0.39, 0.29) is 55.2 Å². The molecule has 0 radical (unpaired) electrons. The lowest BCUT2D eigenvalue weighted by atomic mass is 10.0. The average molecular weight is 589 g/mol. The van der Waals surface area contributed by atoms with E-state index in [0.717, 1.165) is 17.5 Å². The number of aliphatic hydroxyl groups is 1. The fourth-order valence-electron chi connectivity index (χ4n) is 5.74. The minimum absolute atomic E-state index is 0.00389. The highest BCUT2D eigenvalue weighted by molar-refractivity contribution is 7.89. The van der Waals surface area contributed by atoms with Gasteiger partial charge in [-0.15, -0.1) is 0 Å². The molecule has 1 unspecified atom stereocenters.